The van der Waals surface area contributed by atoms with Gasteiger partial charge in [-0.1, -0.05) is 43.7 Å². The predicted octanol–water partition coefficient (Wildman–Crippen LogP) is 3.21. The van der Waals surface area contributed by atoms with E-state index in [1.807, 2.05) is 43.3 Å². The van der Waals surface area contributed by atoms with Crippen LogP contribution in [-0.4, -0.2) is 67.0 Å². The fourth-order valence-electron chi connectivity index (χ4n) is 4.72. The molecule has 2 amide bonds. The highest BCUT2D eigenvalue weighted by molar-refractivity contribution is 5.97. The average Bonchev–Trinajstić information content (AvgIpc) is 2.86. The molecule has 190 valence electrons. The van der Waals surface area contributed by atoms with E-state index in [4.69, 9.17) is 10.5 Å². The zero-order valence-electron chi connectivity index (χ0n) is 21.5. The van der Waals surface area contributed by atoms with Crippen LogP contribution in [-0.2, 0) is 11.3 Å². The molecule has 0 radical (unpaired) electrons. The molecule has 0 bridgehead atoms. The van der Waals surface area contributed by atoms with Crippen molar-refractivity contribution in [2.75, 3.05) is 33.3 Å². The van der Waals surface area contributed by atoms with E-state index >= 15 is 0 Å². The van der Waals surface area contributed by atoms with Crippen LogP contribution in [0.3, 0.4) is 0 Å². The van der Waals surface area contributed by atoms with Gasteiger partial charge in [0.05, 0.1) is 7.11 Å². The zero-order chi connectivity index (χ0) is 25.4. The molecule has 1 unspecified atom stereocenters. The molecule has 35 heavy (non-hydrogen) atoms. The first-order valence-electron chi connectivity index (χ1n) is 12.5. The molecule has 0 spiro atoms. The third-order valence-electron chi connectivity index (χ3n) is 6.54. The lowest BCUT2D eigenvalue weighted by Gasteiger charge is -2.43. The highest BCUT2D eigenvalue weighted by atomic mass is 16.5. The van der Waals surface area contributed by atoms with E-state index in [1.54, 1.807) is 12.0 Å². The van der Waals surface area contributed by atoms with Gasteiger partial charge >= 0.3 is 0 Å². The van der Waals surface area contributed by atoms with Gasteiger partial charge in [-0.3, -0.25) is 14.5 Å². The highest BCUT2D eigenvalue weighted by Crippen LogP contribution is 2.27. The molecule has 0 aromatic heterocycles. The summed E-state index contributed by atoms with van der Waals surface area (Å²) in [5.74, 6) is 1.09. The van der Waals surface area contributed by atoms with Crippen molar-refractivity contribution in [3.05, 3.63) is 65.2 Å². The van der Waals surface area contributed by atoms with Gasteiger partial charge in [0.1, 0.15) is 11.8 Å². The standard InChI is InChI=1S/C28H40N4O3/c1-20(2)18-31(19-22-7-11-25(35-4)12-8-22)24-13-16-32(26(17-24)27(33)30-15-14-29)28(34)23-9-5-21(3)6-10-23/h5-12,20,24,26H,13-19,29H2,1-4H3,(H,30,33)/t24?,26-/m1/s1. The molecule has 1 heterocycles. The zero-order valence-corrected chi connectivity index (χ0v) is 21.5. The maximum absolute atomic E-state index is 13.4. The van der Waals surface area contributed by atoms with Crippen molar-refractivity contribution in [1.29, 1.82) is 0 Å². The van der Waals surface area contributed by atoms with E-state index in [0.29, 0.717) is 37.5 Å². The summed E-state index contributed by atoms with van der Waals surface area (Å²) >= 11 is 0. The topological polar surface area (TPSA) is 87.9 Å². The van der Waals surface area contributed by atoms with Crippen molar-refractivity contribution < 1.29 is 14.3 Å². The molecule has 7 heteroatoms. The van der Waals surface area contributed by atoms with Crippen molar-refractivity contribution >= 4 is 11.8 Å². The molecule has 3 rings (SSSR count). The smallest absolute Gasteiger partial charge is 0.254 e. The van der Waals surface area contributed by atoms with E-state index in [0.717, 1.165) is 30.8 Å². The molecular weight excluding hydrogens is 440 g/mol. The number of amides is 2. The molecule has 0 aliphatic carbocycles. The molecular formula is C28H40N4O3. The Labute approximate surface area is 209 Å². The van der Waals surface area contributed by atoms with E-state index in [9.17, 15) is 9.59 Å². The van der Waals surface area contributed by atoms with E-state index in [-0.39, 0.29) is 17.9 Å². The second kappa shape index (κ2) is 12.7. The monoisotopic (exact) mass is 480 g/mol. The number of nitrogens with one attached hydrogen (secondary N) is 1. The average molecular weight is 481 g/mol. The number of benzene rings is 2. The van der Waals surface area contributed by atoms with Gasteiger partial charge in [-0.2, -0.15) is 0 Å². The molecule has 2 atom stereocenters. The van der Waals surface area contributed by atoms with Crippen LogP contribution in [0.2, 0.25) is 0 Å². The highest BCUT2D eigenvalue weighted by Gasteiger charge is 2.38. The van der Waals surface area contributed by atoms with E-state index < -0.39 is 6.04 Å². The number of nitrogens with two attached hydrogens (primary N) is 1. The minimum absolute atomic E-state index is 0.0955. The maximum Gasteiger partial charge on any atom is 0.254 e. The first-order valence-corrected chi connectivity index (χ1v) is 12.5. The number of carbonyl (C=O) groups excluding carboxylic acids is 2. The third-order valence-corrected chi connectivity index (χ3v) is 6.54. The van der Waals surface area contributed by atoms with Crippen molar-refractivity contribution in [2.24, 2.45) is 11.7 Å². The molecule has 0 saturated carbocycles. The summed E-state index contributed by atoms with van der Waals surface area (Å²) in [4.78, 5) is 30.8. The quantitative estimate of drug-likeness (QED) is 0.545. The summed E-state index contributed by atoms with van der Waals surface area (Å²) in [6, 6.07) is 15.4. The van der Waals surface area contributed by atoms with Crippen molar-refractivity contribution in [2.45, 2.75) is 52.2 Å². The van der Waals surface area contributed by atoms with Crippen LogP contribution in [0.25, 0.3) is 0 Å². The van der Waals surface area contributed by atoms with Crippen LogP contribution in [0, 0.1) is 12.8 Å². The number of likely N-dealkylation sites (tertiary alicyclic amines) is 1. The Morgan fingerprint density at radius 2 is 1.83 bits per heavy atom. The molecule has 1 saturated heterocycles. The van der Waals surface area contributed by atoms with Crippen LogP contribution < -0.4 is 15.8 Å². The van der Waals surface area contributed by atoms with Crippen LogP contribution in [0.1, 0.15) is 48.2 Å². The fourth-order valence-corrected chi connectivity index (χ4v) is 4.72. The predicted molar refractivity (Wildman–Crippen MR) is 139 cm³/mol. The second-order valence-corrected chi connectivity index (χ2v) is 9.81. The number of methoxy groups -OCH3 is 1. The molecule has 1 aliphatic heterocycles. The van der Waals surface area contributed by atoms with Gasteiger partial charge in [-0.05, 0) is 55.5 Å². The Morgan fingerprint density at radius 3 is 2.43 bits per heavy atom. The van der Waals surface area contributed by atoms with Crippen LogP contribution in [0.15, 0.2) is 48.5 Å². The SMILES string of the molecule is COc1ccc(CN(CC(C)C)C2CCN(C(=O)c3ccc(C)cc3)[C@@H](C(=O)NCCN)C2)cc1. The minimum Gasteiger partial charge on any atom is -0.497 e. The first-order chi connectivity index (χ1) is 16.8. The Bertz CT molecular complexity index is 959. The van der Waals surface area contributed by atoms with Gasteiger partial charge in [0, 0.05) is 44.3 Å². The van der Waals surface area contributed by atoms with Gasteiger partial charge in [-0.15, -0.1) is 0 Å². The Balaban J connectivity index is 1.81. The molecule has 3 N–H and O–H groups in total. The van der Waals surface area contributed by atoms with Gasteiger partial charge < -0.3 is 20.7 Å². The number of carbonyl (C=O) groups is 2. The van der Waals surface area contributed by atoms with Crippen molar-refractivity contribution in [3.63, 3.8) is 0 Å². The number of ether oxygens (including phenoxy) is 1. The maximum atomic E-state index is 13.4. The van der Waals surface area contributed by atoms with Crippen molar-refractivity contribution in [3.8, 4) is 5.75 Å². The molecule has 1 aliphatic rings. The Morgan fingerprint density at radius 1 is 1.14 bits per heavy atom. The van der Waals surface area contributed by atoms with Gasteiger partial charge in [0.15, 0.2) is 0 Å². The minimum atomic E-state index is -0.528. The summed E-state index contributed by atoms with van der Waals surface area (Å²) in [5, 5.41) is 2.92. The summed E-state index contributed by atoms with van der Waals surface area (Å²) in [5.41, 5.74) is 8.54. The summed E-state index contributed by atoms with van der Waals surface area (Å²) in [7, 11) is 1.67. The molecule has 2 aromatic rings. The Hall–Kier alpha value is -2.90. The van der Waals surface area contributed by atoms with Gasteiger partial charge in [-0.25, -0.2) is 0 Å². The van der Waals surface area contributed by atoms with Gasteiger partial charge in [0.25, 0.3) is 5.91 Å². The third kappa shape index (κ3) is 7.29. The molecule has 1 fully saturated rings. The number of rotatable bonds is 10. The number of piperidine rings is 1. The number of hydrogen-bond donors (Lipinski definition) is 2. The normalized spacial score (nSPS) is 18.1. The van der Waals surface area contributed by atoms with E-state index in [1.165, 1.54) is 5.56 Å². The summed E-state index contributed by atoms with van der Waals surface area (Å²) in [6.07, 6.45) is 1.41. The molecule has 2 aromatic carbocycles. The lowest BCUT2D eigenvalue weighted by Crippen LogP contribution is -2.57. The molecule has 7 nitrogen and oxygen atoms in total. The van der Waals surface area contributed by atoms with Crippen molar-refractivity contribution in [1.82, 2.24) is 15.1 Å². The number of hydrogen-bond acceptors (Lipinski definition) is 5. The number of nitrogens with zero attached hydrogens (tertiary/aromatic N) is 2. The summed E-state index contributed by atoms with van der Waals surface area (Å²) < 4.78 is 5.30. The largest absolute Gasteiger partial charge is 0.497 e. The van der Waals surface area contributed by atoms with E-state index in [2.05, 4.69) is 36.2 Å². The first kappa shape index (κ1) is 26.7. The number of aryl methyl sites for hydroxylation is 1. The fraction of sp³-hybridized carbons (Fsp3) is 0.500. The van der Waals surface area contributed by atoms with Crippen LogP contribution >= 0.6 is 0 Å². The second-order valence-electron chi connectivity index (χ2n) is 9.81. The lowest BCUT2D eigenvalue weighted by atomic mass is 9.93. The summed E-state index contributed by atoms with van der Waals surface area (Å²) in [6.45, 7) is 9.42. The van der Waals surface area contributed by atoms with Crippen LogP contribution in [0.5, 0.6) is 5.75 Å². The Kier molecular flexibility index (Phi) is 9.69. The lowest BCUT2D eigenvalue weighted by molar-refractivity contribution is -0.127. The van der Waals surface area contributed by atoms with Gasteiger partial charge in [0.2, 0.25) is 5.91 Å². The van der Waals surface area contributed by atoms with Crippen LogP contribution in [0.4, 0.5) is 0 Å².